The first-order valence-electron chi connectivity index (χ1n) is 7.82. The lowest BCUT2D eigenvalue weighted by Crippen LogP contribution is -2.05. The van der Waals surface area contributed by atoms with Crippen molar-refractivity contribution in [2.75, 3.05) is 0 Å². The molecule has 2 aromatic heterocycles. The van der Waals surface area contributed by atoms with Crippen molar-refractivity contribution in [3.63, 3.8) is 0 Å². The first kappa shape index (κ1) is 17.2. The smallest absolute Gasteiger partial charge is 0.206 e. The van der Waals surface area contributed by atoms with E-state index in [1.807, 2.05) is 30.3 Å². The van der Waals surface area contributed by atoms with E-state index >= 15 is 0 Å². The maximum absolute atomic E-state index is 14.0. The molecular weight excluding hydrogens is 375 g/mol. The van der Waals surface area contributed by atoms with Gasteiger partial charge in [0.05, 0.1) is 16.0 Å². The van der Waals surface area contributed by atoms with E-state index in [1.165, 1.54) is 6.07 Å². The SMILES string of the molecule is O=C(c1ccc(-c2ccc3cccnc3c2)s1)c1cc(F)c(F)c(O)c1F. The minimum Gasteiger partial charge on any atom is -0.503 e. The Balaban J connectivity index is 1.73. The Bertz CT molecular complexity index is 1200. The number of carbonyl (C=O) groups is 1. The number of nitrogens with zero attached hydrogens (tertiary/aromatic N) is 1. The van der Waals surface area contributed by atoms with Crippen LogP contribution in [0, 0.1) is 17.5 Å². The molecule has 0 saturated heterocycles. The molecule has 0 aliphatic rings. The summed E-state index contributed by atoms with van der Waals surface area (Å²) in [4.78, 5) is 17.6. The molecule has 0 aliphatic heterocycles. The highest BCUT2D eigenvalue weighted by molar-refractivity contribution is 7.17. The van der Waals surface area contributed by atoms with Gasteiger partial charge in [-0.1, -0.05) is 18.2 Å². The van der Waals surface area contributed by atoms with Gasteiger partial charge in [0.2, 0.25) is 11.6 Å². The Morgan fingerprint density at radius 1 is 1.00 bits per heavy atom. The monoisotopic (exact) mass is 385 g/mol. The van der Waals surface area contributed by atoms with Crippen LogP contribution in [0.25, 0.3) is 21.3 Å². The third-order valence-corrected chi connectivity index (χ3v) is 5.23. The Morgan fingerprint density at radius 2 is 1.81 bits per heavy atom. The van der Waals surface area contributed by atoms with Crippen LogP contribution in [-0.4, -0.2) is 15.9 Å². The second kappa shape index (κ2) is 6.51. The van der Waals surface area contributed by atoms with Crippen LogP contribution in [0.3, 0.4) is 0 Å². The number of carbonyl (C=O) groups excluding carboxylic acids is 1. The zero-order valence-electron chi connectivity index (χ0n) is 13.5. The number of phenols is 1. The Kier molecular flexibility index (Phi) is 4.16. The Morgan fingerprint density at radius 3 is 2.63 bits per heavy atom. The van der Waals surface area contributed by atoms with Gasteiger partial charge in [-0.25, -0.2) is 8.78 Å². The van der Waals surface area contributed by atoms with Gasteiger partial charge in [-0.05, 0) is 35.9 Å². The maximum atomic E-state index is 14.0. The summed E-state index contributed by atoms with van der Waals surface area (Å²) in [6.07, 6.45) is 1.67. The molecule has 4 rings (SSSR count). The predicted molar refractivity (Wildman–Crippen MR) is 96.5 cm³/mol. The second-order valence-corrected chi connectivity index (χ2v) is 6.87. The molecule has 0 unspecified atom stereocenters. The fourth-order valence-corrected chi connectivity index (χ4v) is 3.68. The number of halogens is 3. The van der Waals surface area contributed by atoms with Crippen molar-refractivity contribution in [3.8, 4) is 16.2 Å². The van der Waals surface area contributed by atoms with Crippen molar-refractivity contribution in [2.45, 2.75) is 0 Å². The van der Waals surface area contributed by atoms with E-state index in [1.54, 1.807) is 12.3 Å². The van der Waals surface area contributed by atoms with E-state index < -0.39 is 34.5 Å². The highest BCUT2D eigenvalue weighted by Gasteiger charge is 2.24. The average Bonchev–Trinajstić information content (AvgIpc) is 3.18. The number of thiophene rings is 1. The number of hydrogen-bond acceptors (Lipinski definition) is 4. The van der Waals surface area contributed by atoms with Crippen LogP contribution in [0.5, 0.6) is 5.75 Å². The Labute approximate surface area is 155 Å². The van der Waals surface area contributed by atoms with Crippen LogP contribution >= 0.6 is 11.3 Å². The molecule has 2 aromatic carbocycles. The van der Waals surface area contributed by atoms with Gasteiger partial charge in [0.15, 0.2) is 17.4 Å². The predicted octanol–water partition coefficient (Wildman–Crippen LogP) is 5.32. The highest BCUT2D eigenvalue weighted by Crippen LogP contribution is 2.33. The molecule has 2 heterocycles. The lowest BCUT2D eigenvalue weighted by Gasteiger charge is -2.05. The number of aromatic nitrogens is 1. The quantitative estimate of drug-likeness (QED) is 0.384. The van der Waals surface area contributed by atoms with Crippen LogP contribution < -0.4 is 0 Å². The number of benzene rings is 2. The Hall–Kier alpha value is -3.19. The van der Waals surface area contributed by atoms with E-state index in [2.05, 4.69) is 4.98 Å². The van der Waals surface area contributed by atoms with Gasteiger partial charge in [0, 0.05) is 16.5 Å². The molecule has 0 aliphatic carbocycles. The van der Waals surface area contributed by atoms with Gasteiger partial charge < -0.3 is 5.11 Å². The van der Waals surface area contributed by atoms with Crippen molar-refractivity contribution in [2.24, 2.45) is 0 Å². The minimum atomic E-state index is -1.72. The summed E-state index contributed by atoms with van der Waals surface area (Å²) in [6.45, 7) is 0. The number of phenolic OH excluding ortho intramolecular Hbond substituents is 1. The zero-order chi connectivity index (χ0) is 19.1. The van der Waals surface area contributed by atoms with Gasteiger partial charge in [0.1, 0.15) is 0 Å². The standard InChI is InChI=1S/C20H10F3NO2S/c21-13-9-12(17(22)20(26)18(13)23)19(25)16-6-5-15(27-16)11-4-3-10-2-1-7-24-14(10)8-11/h1-9,26H. The van der Waals surface area contributed by atoms with Gasteiger partial charge in [0.25, 0.3) is 0 Å². The minimum absolute atomic E-state index is 0.135. The van der Waals surface area contributed by atoms with Gasteiger partial charge in [-0.2, -0.15) is 4.39 Å². The number of ketones is 1. The van der Waals surface area contributed by atoms with Crippen molar-refractivity contribution < 1.29 is 23.1 Å². The number of pyridine rings is 1. The van der Waals surface area contributed by atoms with Crippen molar-refractivity contribution in [1.82, 2.24) is 4.98 Å². The zero-order valence-corrected chi connectivity index (χ0v) is 14.4. The summed E-state index contributed by atoms with van der Waals surface area (Å²) >= 11 is 1.08. The fourth-order valence-electron chi connectivity index (χ4n) is 2.72. The molecule has 4 aromatic rings. The van der Waals surface area contributed by atoms with E-state index in [4.69, 9.17) is 0 Å². The van der Waals surface area contributed by atoms with E-state index in [0.717, 1.165) is 32.7 Å². The molecular formula is C20H10F3NO2S. The number of hydrogen-bond donors (Lipinski definition) is 1. The van der Waals surface area contributed by atoms with Crippen LogP contribution in [0.4, 0.5) is 13.2 Å². The van der Waals surface area contributed by atoms with Crippen LogP contribution in [0.15, 0.2) is 54.7 Å². The molecule has 0 saturated carbocycles. The second-order valence-electron chi connectivity index (χ2n) is 5.79. The molecule has 0 atom stereocenters. The van der Waals surface area contributed by atoms with Gasteiger partial charge >= 0.3 is 0 Å². The number of aromatic hydroxyl groups is 1. The van der Waals surface area contributed by atoms with Crippen LogP contribution in [0.1, 0.15) is 15.2 Å². The summed E-state index contributed by atoms with van der Waals surface area (Å²) < 4.78 is 40.7. The third kappa shape index (κ3) is 2.96. The van der Waals surface area contributed by atoms with Gasteiger partial charge in [-0.3, -0.25) is 9.78 Å². The topological polar surface area (TPSA) is 50.2 Å². The number of fused-ring (bicyclic) bond motifs is 1. The third-order valence-electron chi connectivity index (χ3n) is 4.10. The normalized spacial score (nSPS) is 11.1. The van der Waals surface area contributed by atoms with Crippen molar-refractivity contribution >= 4 is 28.0 Å². The molecule has 134 valence electrons. The molecule has 7 heteroatoms. The summed E-state index contributed by atoms with van der Waals surface area (Å²) in [7, 11) is 0. The first-order chi connectivity index (χ1) is 13.0. The first-order valence-corrected chi connectivity index (χ1v) is 8.63. The fraction of sp³-hybridized carbons (Fsp3) is 0. The molecule has 1 N–H and O–H groups in total. The van der Waals surface area contributed by atoms with E-state index in [0.29, 0.717) is 6.07 Å². The number of rotatable bonds is 3. The molecule has 3 nitrogen and oxygen atoms in total. The lowest BCUT2D eigenvalue weighted by molar-refractivity contribution is 0.103. The summed E-state index contributed by atoms with van der Waals surface area (Å²) in [6, 6.07) is 13.0. The molecule has 0 amide bonds. The highest BCUT2D eigenvalue weighted by atomic mass is 32.1. The molecule has 0 fully saturated rings. The van der Waals surface area contributed by atoms with Crippen LogP contribution in [0.2, 0.25) is 0 Å². The molecule has 0 bridgehead atoms. The lowest BCUT2D eigenvalue weighted by atomic mass is 10.1. The summed E-state index contributed by atoms with van der Waals surface area (Å²) in [5.74, 6) is -7.04. The van der Waals surface area contributed by atoms with E-state index in [9.17, 15) is 23.1 Å². The summed E-state index contributed by atoms with van der Waals surface area (Å²) in [5.41, 5.74) is 0.881. The van der Waals surface area contributed by atoms with E-state index in [-0.39, 0.29) is 4.88 Å². The van der Waals surface area contributed by atoms with Crippen LogP contribution in [-0.2, 0) is 0 Å². The van der Waals surface area contributed by atoms with Crippen molar-refractivity contribution in [1.29, 1.82) is 0 Å². The van der Waals surface area contributed by atoms with Crippen molar-refractivity contribution in [3.05, 3.63) is 82.6 Å². The van der Waals surface area contributed by atoms with Gasteiger partial charge in [-0.15, -0.1) is 11.3 Å². The molecule has 27 heavy (non-hydrogen) atoms. The molecule has 0 radical (unpaired) electrons. The average molecular weight is 385 g/mol. The maximum Gasteiger partial charge on any atom is 0.206 e. The largest absolute Gasteiger partial charge is 0.503 e. The molecule has 0 spiro atoms. The summed E-state index contributed by atoms with van der Waals surface area (Å²) in [5, 5.41) is 10.3.